The Morgan fingerprint density at radius 3 is 2.80 bits per heavy atom. The molecule has 2 rings (SSSR count). The van der Waals surface area contributed by atoms with Crippen LogP contribution in [-0.4, -0.2) is 50.2 Å². The maximum Gasteiger partial charge on any atom is 0.254 e. The molecule has 1 aromatic carbocycles. The van der Waals surface area contributed by atoms with Gasteiger partial charge in [-0.05, 0) is 18.1 Å². The zero-order chi connectivity index (χ0) is 14.4. The average Bonchev–Trinajstić information content (AvgIpc) is 2.46. The van der Waals surface area contributed by atoms with Crippen LogP contribution in [0.2, 0.25) is 0 Å². The van der Waals surface area contributed by atoms with Gasteiger partial charge in [-0.1, -0.05) is 19.1 Å². The first-order chi connectivity index (χ1) is 9.66. The van der Waals surface area contributed by atoms with Gasteiger partial charge in [-0.3, -0.25) is 9.69 Å². The van der Waals surface area contributed by atoms with Crippen molar-refractivity contribution in [2.45, 2.75) is 6.92 Å². The quantitative estimate of drug-likeness (QED) is 0.889. The third-order valence-electron chi connectivity index (χ3n) is 3.40. The summed E-state index contributed by atoms with van der Waals surface area (Å²) in [7, 11) is 0. The van der Waals surface area contributed by atoms with E-state index in [9.17, 15) is 9.18 Å². The second-order valence-corrected chi connectivity index (χ2v) is 5.21. The van der Waals surface area contributed by atoms with Gasteiger partial charge >= 0.3 is 0 Å². The molecular weight excluding hydrogens is 259 g/mol. The summed E-state index contributed by atoms with van der Waals surface area (Å²) in [6, 6.07) is 6.03. The van der Waals surface area contributed by atoms with Crippen LogP contribution in [0.5, 0.6) is 0 Å². The van der Waals surface area contributed by atoms with Crippen molar-refractivity contribution in [3.8, 4) is 0 Å². The molecule has 1 aromatic rings. The molecule has 20 heavy (non-hydrogen) atoms. The fraction of sp³-hybridized carbons (Fsp3) is 0.533. The van der Waals surface area contributed by atoms with E-state index in [2.05, 4.69) is 17.1 Å². The summed E-state index contributed by atoms with van der Waals surface area (Å²) >= 11 is 0. The van der Waals surface area contributed by atoms with Crippen molar-refractivity contribution in [2.75, 3.05) is 39.4 Å². The molecule has 0 aromatic heterocycles. The third kappa shape index (κ3) is 4.28. The molecule has 1 N–H and O–H groups in total. The number of rotatable bonds is 5. The van der Waals surface area contributed by atoms with Gasteiger partial charge < -0.3 is 10.1 Å². The maximum absolute atomic E-state index is 13.5. The molecule has 1 aliphatic rings. The number of halogens is 1. The van der Waals surface area contributed by atoms with E-state index in [4.69, 9.17) is 4.74 Å². The Kier molecular flexibility index (Phi) is 5.49. The molecule has 0 bridgehead atoms. The van der Waals surface area contributed by atoms with E-state index in [-0.39, 0.29) is 11.5 Å². The minimum Gasteiger partial charge on any atom is -0.379 e. The number of benzene rings is 1. The molecule has 1 atom stereocenters. The number of nitrogens with one attached hydrogen (secondary N) is 1. The Labute approximate surface area is 118 Å². The van der Waals surface area contributed by atoms with Crippen LogP contribution >= 0.6 is 0 Å². The second kappa shape index (κ2) is 7.36. The first-order valence-electron chi connectivity index (χ1n) is 6.99. The second-order valence-electron chi connectivity index (χ2n) is 5.21. The Balaban J connectivity index is 1.76. The minimum absolute atomic E-state index is 0.103. The first kappa shape index (κ1) is 14.9. The lowest BCUT2D eigenvalue weighted by molar-refractivity contribution is 0.0317. The highest BCUT2D eigenvalue weighted by Crippen LogP contribution is 2.07. The summed E-state index contributed by atoms with van der Waals surface area (Å²) in [6.07, 6.45) is 0. The highest BCUT2D eigenvalue weighted by molar-refractivity contribution is 5.94. The van der Waals surface area contributed by atoms with E-state index in [1.807, 2.05) is 0 Å². The maximum atomic E-state index is 13.5. The fourth-order valence-corrected chi connectivity index (χ4v) is 2.30. The summed E-state index contributed by atoms with van der Waals surface area (Å²) in [4.78, 5) is 14.2. The Bertz CT molecular complexity index is 447. The van der Waals surface area contributed by atoms with Crippen LogP contribution in [0.4, 0.5) is 4.39 Å². The van der Waals surface area contributed by atoms with Crippen LogP contribution in [0.15, 0.2) is 24.3 Å². The highest BCUT2D eigenvalue weighted by atomic mass is 19.1. The molecule has 0 saturated carbocycles. The fourth-order valence-electron chi connectivity index (χ4n) is 2.30. The van der Waals surface area contributed by atoms with Crippen LogP contribution in [0.25, 0.3) is 0 Å². The van der Waals surface area contributed by atoms with E-state index in [1.54, 1.807) is 12.1 Å². The third-order valence-corrected chi connectivity index (χ3v) is 3.40. The largest absolute Gasteiger partial charge is 0.379 e. The number of amides is 1. The summed E-state index contributed by atoms with van der Waals surface area (Å²) in [5.74, 6) is -0.508. The lowest BCUT2D eigenvalue weighted by Gasteiger charge is -2.29. The van der Waals surface area contributed by atoms with E-state index in [0.29, 0.717) is 12.5 Å². The molecule has 110 valence electrons. The number of carbonyl (C=O) groups is 1. The number of hydrogen-bond donors (Lipinski definition) is 1. The van der Waals surface area contributed by atoms with E-state index in [1.165, 1.54) is 12.1 Å². The molecule has 5 heteroatoms. The zero-order valence-electron chi connectivity index (χ0n) is 11.8. The van der Waals surface area contributed by atoms with Gasteiger partial charge in [0.25, 0.3) is 5.91 Å². The van der Waals surface area contributed by atoms with Crippen molar-refractivity contribution in [2.24, 2.45) is 5.92 Å². The van der Waals surface area contributed by atoms with Crippen LogP contribution in [-0.2, 0) is 4.74 Å². The van der Waals surface area contributed by atoms with E-state index < -0.39 is 5.82 Å². The lowest BCUT2D eigenvalue weighted by Crippen LogP contribution is -2.41. The van der Waals surface area contributed by atoms with Crippen LogP contribution in [0.3, 0.4) is 0 Å². The van der Waals surface area contributed by atoms with Crippen molar-refractivity contribution in [1.82, 2.24) is 10.2 Å². The SMILES string of the molecule is CC(CNC(=O)c1ccccc1F)CN1CCOCC1. The zero-order valence-corrected chi connectivity index (χ0v) is 11.8. The predicted molar refractivity (Wildman–Crippen MR) is 75.2 cm³/mol. The van der Waals surface area contributed by atoms with Crippen LogP contribution in [0.1, 0.15) is 17.3 Å². The minimum atomic E-state index is -0.481. The molecule has 0 aliphatic carbocycles. The van der Waals surface area contributed by atoms with Gasteiger partial charge in [-0.25, -0.2) is 4.39 Å². The van der Waals surface area contributed by atoms with Gasteiger partial charge in [0.2, 0.25) is 0 Å². The van der Waals surface area contributed by atoms with Crippen molar-refractivity contribution < 1.29 is 13.9 Å². The standard InChI is InChI=1S/C15H21FN2O2/c1-12(11-18-6-8-20-9-7-18)10-17-15(19)13-4-2-3-5-14(13)16/h2-5,12H,6-11H2,1H3,(H,17,19). The van der Waals surface area contributed by atoms with E-state index >= 15 is 0 Å². The Morgan fingerprint density at radius 2 is 2.10 bits per heavy atom. The van der Waals surface area contributed by atoms with Crippen LogP contribution in [0, 0.1) is 11.7 Å². The number of ether oxygens (including phenoxy) is 1. The predicted octanol–water partition coefficient (Wildman–Crippen LogP) is 1.52. The number of carbonyl (C=O) groups excluding carboxylic acids is 1. The number of morpholine rings is 1. The van der Waals surface area contributed by atoms with Gasteiger partial charge in [-0.2, -0.15) is 0 Å². The van der Waals surface area contributed by atoms with Crippen LogP contribution < -0.4 is 5.32 Å². The normalized spacial score (nSPS) is 17.7. The van der Waals surface area contributed by atoms with Crippen molar-refractivity contribution in [1.29, 1.82) is 0 Å². The number of nitrogens with zero attached hydrogens (tertiary/aromatic N) is 1. The molecule has 1 amide bonds. The van der Waals surface area contributed by atoms with Crippen molar-refractivity contribution in [3.05, 3.63) is 35.6 Å². The molecule has 1 fully saturated rings. The summed E-state index contributed by atoms with van der Waals surface area (Å²) in [6.45, 7) is 6.96. The number of hydrogen-bond acceptors (Lipinski definition) is 3. The molecule has 0 radical (unpaired) electrons. The monoisotopic (exact) mass is 280 g/mol. The topological polar surface area (TPSA) is 41.6 Å². The lowest BCUT2D eigenvalue weighted by atomic mass is 10.1. The van der Waals surface area contributed by atoms with Gasteiger partial charge in [0.15, 0.2) is 0 Å². The molecule has 4 nitrogen and oxygen atoms in total. The Morgan fingerprint density at radius 1 is 1.40 bits per heavy atom. The van der Waals surface area contributed by atoms with Gasteiger partial charge in [0.05, 0.1) is 18.8 Å². The summed E-state index contributed by atoms with van der Waals surface area (Å²) in [5, 5.41) is 2.79. The molecular formula is C15H21FN2O2. The van der Waals surface area contributed by atoms with Crippen molar-refractivity contribution in [3.63, 3.8) is 0 Å². The smallest absolute Gasteiger partial charge is 0.254 e. The van der Waals surface area contributed by atoms with Crippen molar-refractivity contribution >= 4 is 5.91 Å². The van der Waals surface area contributed by atoms with Gasteiger partial charge in [-0.15, -0.1) is 0 Å². The average molecular weight is 280 g/mol. The molecule has 1 unspecified atom stereocenters. The molecule has 1 aliphatic heterocycles. The first-order valence-corrected chi connectivity index (χ1v) is 6.99. The van der Waals surface area contributed by atoms with E-state index in [0.717, 1.165) is 32.8 Å². The molecule has 1 heterocycles. The summed E-state index contributed by atoms with van der Waals surface area (Å²) in [5.41, 5.74) is 0.103. The van der Waals surface area contributed by atoms with Gasteiger partial charge in [0.1, 0.15) is 5.82 Å². The highest BCUT2D eigenvalue weighted by Gasteiger charge is 2.15. The molecule has 0 spiro atoms. The summed E-state index contributed by atoms with van der Waals surface area (Å²) < 4.78 is 18.8. The van der Waals surface area contributed by atoms with Gasteiger partial charge in [0, 0.05) is 26.2 Å². The molecule has 1 saturated heterocycles. The Hall–Kier alpha value is -1.46.